The van der Waals surface area contributed by atoms with Crippen molar-refractivity contribution < 1.29 is 0 Å². The van der Waals surface area contributed by atoms with E-state index in [0.29, 0.717) is 0 Å². The van der Waals surface area contributed by atoms with E-state index in [1.54, 1.807) is 0 Å². The van der Waals surface area contributed by atoms with Crippen molar-refractivity contribution in [1.82, 2.24) is 0 Å². The molecule has 0 saturated carbocycles. The summed E-state index contributed by atoms with van der Waals surface area (Å²) in [6.07, 6.45) is 9.02. The lowest BCUT2D eigenvalue weighted by molar-refractivity contribution is 1.23. The van der Waals surface area contributed by atoms with Crippen molar-refractivity contribution in [2.75, 3.05) is 0 Å². The summed E-state index contributed by atoms with van der Waals surface area (Å²) in [6, 6.07) is 0. The van der Waals surface area contributed by atoms with Crippen LogP contribution in [0.1, 0.15) is 13.3 Å². The Morgan fingerprint density at radius 1 is 1.62 bits per heavy atom. The van der Waals surface area contributed by atoms with E-state index in [4.69, 9.17) is 0 Å². The minimum absolute atomic E-state index is 1.08. The molecule has 8 heavy (non-hydrogen) atoms. The highest BCUT2D eigenvalue weighted by atomic mass is 13.5. The molecule has 0 spiro atoms. The van der Waals surface area contributed by atoms with Crippen LogP contribution in [-0.2, 0) is 0 Å². The van der Waals surface area contributed by atoms with Gasteiger partial charge in [0.15, 0.2) is 0 Å². The van der Waals surface area contributed by atoms with E-state index in [1.165, 1.54) is 6.08 Å². The second kappa shape index (κ2) is 16.6. The summed E-state index contributed by atoms with van der Waals surface area (Å²) in [5, 5.41) is 0. The third-order valence-corrected chi connectivity index (χ3v) is 0.407. The Bertz CT molecular complexity index is 82.7. The number of hydrogen-bond donors (Lipinski definition) is 0. The van der Waals surface area contributed by atoms with Crippen LogP contribution in [0.5, 0.6) is 0 Å². The molecule has 0 heteroatoms. The third kappa shape index (κ3) is 76.1. The molecule has 0 saturated heterocycles. The van der Waals surface area contributed by atoms with Gasteiger partial charge in [0, 0.05) is 0 Å². The van der Waals surface area contributed by atoms with Gasteiger partial charge in [-0.2, -0.15) is 0 Å². The largest absolute Gasteiger partial charge is 0.115 e. The van der Waals surface area contributed by atoms with E-state index in [-0.39, 0.29) is 0 Å². The van der Waals surface area contributed by atoms with E-state index < -0.39 is 0 Å². The van der Waals surface area contributed by atoms with Crippen LogP contribution in [0.15, 0.2) is 25.3 Å². The number of terminal acetylenes is 1. The van der Waals surface area contributed by atoms with Crippen LogP contribution in [0.2, 0.25) is 0 Å². The molecule has 0 aliphatic carbocycles. The summed E-state index contributed by atoms with van der Waals surface area (Å²) in [4.78, 5) is 0. The summed E-state index contributed by atoms with van der Waals surface area (Å²) in [7, 11) is 0. The summed E-state index contributed by atoms with van der Waals surface area (Å²) in [5.74, 6) is 2.19. The first-order valence-corrected chi connectivity index (χ1v) is 2.51. The molecule has 0 aromatic heterocycles. The predicted molar refractivity (Wildman–Crippen MR) is 39.5 cm³/mol. The molecule has 0 rings (SSSR count). The quantitative estimate of drug-likeness (QED) is 0.357. The lowest BCUT2D eigenvalue weighted by Gasteiger charge is -1.57. The van der Waals surface area contributed by atoms with Crippen LogP contribution in [-0.4, -0.2) is 0 Å². The minimum Gasteiger partial charge on any atom is -0.115 e. The topological polar surface area (TPSA) is 0 Å². The average Bonchev–Trinajstić information content (AvgIpc) is 1.88. The Morgan fingerprint density at radius 2 is 1.88 bits per heavy atom. The number of allylic oxidation sites excluding steroid dienone is 2. The highest BCUT2D eigenvalue weighted by Gasteiger charge is 1.45. The Labute approximate surface area is 51.9 Å². The fourth-order valence-corrected chi connectivity index (χ4v) is 0. The molecule has 0 amide bonds. The molecule has 0 N–H and O–H groups in total. The van der Waals surface area contributed by atoms with Gasteiger partial charge in [0.25, 0.3) is 0 Å². The second-order valence-electron chi connectivity index (χ2n) is 1.07. The maximum Gasteiger partial charge on any atom is -0.0194 e. The molecule has 0 radical (unpaired) electrons. The average molecular weight is 108 g/mol. The Morgan fingerprint density at radius 3 is 1.88 bits per heavy atom. The zero-order valence-electron chi connectivity index (χ0n) is 5.35. The highest BCUT2D eigenvalue weighted by Crippen LogP contribution is 1.66. The molecule has 0 fully saturated rings. The summed E-state index contributed by atoms with van der Waals surface area (Å²) in [6.45, 7) is 8.78. The van der Waals surface area contributed by atoms with Crippen LogP contribution in [0, 0.1) is 12.3 Å². The number of hydrogen-bond acceptors (Lipinski definition) is 0. The van der Waals surface area contributed by atoms with E-state index in [9.17, 15) is 0 Å². The Hall–Kier alpha value is -0.960. The molecular weight excluding hydrogens is 96.1 g/mol. The van der Waals surface area contributed by atoms with Crippen LogP contribution in [0.3, 0.4) is 0 Å². The first-order chi connectivity index (χ1) is 3.83. The molecule has 0 aromatic carbocycles. The van der Waals surface area contributed by atoms with E-state index in [0.717, 1.165) is 6.42 Å². The maximum atomic E-state index is 4.66. The van der Waals surface area contributed by atoms with Gasteiger partial charge in [-0.05, 0) is 12.5 Å². The first kappa shape index (κ1) is 10.1. The van der Waals surface area contributed by atoms with Crippen molar-refractivity contribution >= 4 is 0 Å². The molecule has 0 atom stereocenters. The lowest BCUT2D eigenvalue weighted by atomic mass is 10.5. The molecular formula is C8H12. The summed E-state index contributed by atoms with van der Waals surface area (Å²) in [5.41, 5.74) is 0. The van der Waals surface area contributed by atoms with Crippen molar-refractivity contribution in [3.63, 3.8) is 0 Å². The van der Waals surface area contributed by atoms with Crippen molar-refractivity contribution in [2.45, 2.75) is 13.3 Å². The molecule has 0 aliphatic heterocycles. The summed E-state index contributed by atoms with van der Waals surface area (Å²) < 4.78 is 0. The Balaban J connectivity index is 0. The highest BCUT2D eigenvalue weighted by molar-refractivity contribution is 5.03. The predicted octanol–water partition coefficient (Wildman–Crippen LogP) is 2.39. The maximum absolute atomic E-state index is 4.66. The van der Waals surface area contributed by atoms with Gasteiger partial charge in [-0.3, -0.25) is 0 Å². The third-order valence-electron chi connectivity index (χ3n) is 0.407. The zero-order valence-corrected chi connectivity index (χ0v) is 5.35. The molecule has 0 aliphatic rings. The van der Waals surface area contributed by atoms with Crippen molar-refractivity contribution in [3.8, 4) is 12.3 Å². The SMILES string of the molecule is C#CC=C.C=CCC. The normalized spacial score (nSPS) is 5.00. The molecule has 44 valence electrons. The van der Waals surface area contributed by atoms with Crippen LogP contribution in [0.4, 0.5) is 0 Å². The van der Waals surface area contributed by atoms with Gasteiger partial charge >= 0.3 is 0 Å². The van der Waals surface area contributed by atoms with Gasteiger partial charge in [0.1, 0.15) is 0 Å². The van der Waals surface area contributed by atoms with Crippen molar-refractivity contribution in [3.05, 3.63) is 25.3 Å². The summed E-state index contributed by atoms with van der Waals surface area (Å²) >= 11 is 0. The Kier molecular flexibility index (Phi) is 21.0. The second-order valence-corrected chi connectivity index (χ2v) is 1.07. The number of rotatable bonds is 1. The van der Waals surface area contributed by atoms with Crippen molar-refractivity contribution in [2.24, 2.45) is 0 Å². The molecule has 0 unspecified atom stereocenters. The van der Waals surface area contributed by atoms with Gasteiger partial charge in [-0.1, -0.05) is 25.5 Å². The van der Waals surface area contributed by atoms with Crippen LogP contribution in [0.25, 0.3) is 0 Å². The lowest BCUT2D eigenvalue weighted by Crippen LogP contribution is -1.36. The molecule has 0 bridgehead atoms. The fraction of sp³-hybridized carbons (Fsp3) is 0.250. The molecule has 0 nitrogen and oxygen atoms in total. The van der Waals surface area contributed by atoms with Gasteiger partial charge in [-0.25, -0.2) is 0 Å². The smallest absolute Gasteiger partial charge is 0.0194 e. The molecule has 0 heterocycles. The van der Waals surface area contributed by atoms with Crippen molar-refractivity contribution in [1.29, 1.82) is 0 Å². The van der Waals surface area contributed by atoms with Gasteiger partial charge in [0.2, 0.25) is 0 Å². The molecule has 0 aromatic rings. The van der Waals surface area contributed by atoms with Gasteiger partial charge < -0.3 is 0 Å². The standard InChI is InChI=1S/C4H8.C4H4/c2*1-3-4-2/h3H,1,4H2,2H3;1,4H,2H2. The minimum atomic E-state index is 1.08. The van der Waals surface area contributed by atoms with Crippen LogP contribution >= 0.6 is 0 Å². The van der Waals surface area contributed by atoms with E-state index >= 15 is 0 Å². The van der Waals surface area contributed by atoms with Gasteiger partial charge in [-0.15, -0.1) is 13.0 Å². The first-order valence-electron chi connectivity index (χ1n) is 2.51. The van der Waals surface area contributed by atoms with E-state index in [1.807, 2.05) is 6.08 Å². The van der Waals surface area contributed by atoms with Crippen LogP contribution < -0.4 is 0 Å². The monoisotopic (exact) mass is 108 g/mol. The van der Waals surface area contributed by atoms with Gasteiger partial charge in [0.05, 0.1) is 0 Å². The fourth-order valence-electron chi connectivity index (χ4n) is 0. The zero-order chi connectivity index (χ0) is 6.83. The van der Waals surface area contributed by atoms with E-state index in [2.05, 4.69) is 32.4 Å².